The van der Waals surface area contributed by atoms with E-state index in [-0.39, 0.29) is 17.9 Å². The van der Waals surface area contributed by atoms with Crippen molar-refractivity contribution in [1.82, 2.24) is 0 Å². The molecule has 24 heteroatoms. The Kier molecular flexibility index (Phi) is 16.5. The SMILES string of the molecule is CC1(C)CC[C@]2(C(=O)O[C@@H]3O[C@H](CO[C@@H]4O[C@H](CO)[C@@H](O)[C@H](O)[C@H]4O)[C@@H](O)[C@H](O[C@@H]4O[C@H](CO)[C@@H](O)[C@H](O)[C@H]4O)[C@H]3O)CC[C@]3(C)C(=C2C1)C=C[C@@H]1[C@@]2(C)CC[C@H](O[C@@H]4OC[C@@H](O)[C@H](O)[C@H]4O)C(C)(C(=O)O)[C@@H]2CC[C@]13C. The van der Waals surface area contributed by atoms with Crippen molar-refractivity contribution in [1.29, 1.82) is 0 Å². The molecule has 77 heavy (non-hydrogen) atoms. The van der Waals surface area contributed by atoms with E-state index in [0.29, 0.717) is 57.8 Å². The van der Waals surface area contributed by atoms with Gasteiger partial charge in [0.1, 0.15) is 91.6 Å². The van der Waals surface area contributed by atoms with Gasteiger partial charge in [-0.2, -0.15) is 0 Å². The summed E-state index contributed by atoms with van der Waals surface area (Å²) >= 11 is 0. The van der Waals surface area contributed by atoms with Gasteiger partial charge >= 0.3 is 11.9 Å². The fraction of sp³-hybridized carbons (Fsp3) is 0.887. The summed E-state index contributed by atoms with van der Waals surface area (Å²) in [5, 5.41) is 149. The number of esters is 1. The van der Waals surface area contributed by atoms with Gasteiger partial charge in [0.05, 0.1) is 43.4 Å². The molecule has 9 rings (SSSR count). The second kappa shape index (κ2) is 21.4. The Labute approximate surface area is 446 Å². The molecule has 3 saturated carbocycles. The first-order valence-corrected chi connectivity index (χ1v) is 27.1. The van der Waals surface area contributed by atoms with Gasteiger partial charge in [-0.05, 0) is 109 Å². The predicted molar refractivity (Wildman–Crippen MR) is 259 cm³/mol. The number of hydrogen-bond acceptors (Lipinski definition) is 23. The van der Waals surface area contributed by atoms with Crippen molar-refractivity contribution >= 4 is 11.9 Å². The van der Waals surface area contributed by atoms with Crippen molar-refractivity contribution in [2.24, 2.45) is 44.3 Å². The number of allylic oxidation sites excluding steroid dienone is 3. The van der Waals surface area contributed by atoms with E-state index in [0.717, 1.165) is 11.1 Å². The molecule has 14 N–H and O–H groups in total. The minimum Gasteiger partial charge on any atom is -0.481 e. The molecule has 0 aromatic heterocycles. The lowest BCUT2D eigenvalue weighted by atomic mass is 9.35. The average Bonchev–Trinajstić information content (AvgIpc) is 3.45. The number of carbonyl (C=O) groups is 2. The number of aliphatic carboxylic acids is 1. The van der Waals surface area contributed by atoms with Crippen molar-refractivity contribution in [3.63, 3.8) is 0 Å². The summed E-state index contributed by atoms with van der Waals surface area (Å²) in [4.78, 5) is 29.0. The summed E-state index contributed by atoms with van der Waals surface area (Å²) in [5.74, 6) is -2.37. The second-order valence-corrected chi connectivity index (χ2v) is 25.3. The summed E-state index contributed by atoms with van der Waals surface area (Å²) in [5.41, 5.74) is -2.78. The van der Waals surface area contributed by atoms with E-state index in [4.69, 9.17) is 37.9 Å². The Hall–Kier alpha value is -2.38. The molecule has 0 aromatic rings. The van der Waals surface area contributed by atoms with Gasteiger partial charge < -0.3 is 109 Å². The summed E-state index contributed by atoms with van der Waals surface area (Å²) < 4.78 is 46.9. The van der Waals surface area contributed by atoms with Crippen molar-refractivity contribution in [2.45, 2.75) is 222 Å². The van der Waals surface area contributed by atoms with E-state index in [1.165, 1.54) is 0 Å². The van der Waals surface area contributed by atoms with Gasteiger partial charge in [0.25, 0.3) is 0 Å². The van der Waals surface area contributed by atoms with Crippen LogP contribution >= 0.6 is 0 Å². The number of aliphatic hydroxyl groups is 13. The second-order valence-electron chi connectivity index (χ2n) is 25.3. The molecular weight excluding hydrogens is 1020 g/mol. The van der Waals surface area contributed by atoms with Gasteiger partial charge in [0, 0.05) is 0 Å². The van der Waals surface area contributed by atoms with Crippen molar-refractivity contribution < 1.29 is 119 Å². The summed E-state index contributed by atoms with van der Waals surface area (Å²) in [6.45, 7) is 9.93. The van der Waals surface area contributed by atoms with Gasteiger partial charge in [0.2, 0.25) is 6.29 Å². The number of carboxylic acid groups (broad SMARTS) is 1. The molecule has 7 fully saturated rings. The molecule has 5 aliphatic carbocycles. The number of ether oxygens (including phenoxy) is 8. The highest BCUT2D eigenvalue weighted by atomic mass is 16.8. The van der Waals surface area contributed by atoms with Gasteiger partial charge in [0.15, 0.2) is 18.9 Å². The molecule has 0 amide bonds. The quantitative estimate of drug-likeness (QED) is 0.0715. The summed E-state index contributed by atoms with van der Waals surface area (Å²) in [6, 6.07) is 0. The van der Waals surface area contributed by atoms with E-state index in [1.54, 1.807) is 6.92 Å². The Balaban J connectivity index is 1.02. The maximum absolute atomic E-state index is 15.4. The predicted octanol–water partition coefficient (Wildman–Crippen LogP) is -2.41. The Bertz CT molecular complexity index is 2230. The number of fused-ring (bicyclic) bond motifs is 6. The summed E-state index contributed by atoms with van der Waals surface area (Å²) in [6.07, 6.45) is -25.1. The molecule has 4 heterocycles. The number of rotatable bonds is 12. The maximum Gasteiger partial charge on any atom is 0.318 e. The van der Waals surface area contributed by atoms with Gasteiger partial charge in [-0.15, -0.1) is 0 Å². The van der Waals surface area contributed by atoms with E-state index >= 15 is 4.79 Å². The monoisotopic (exact) mass is 1100 g/mol. The van der Waals surface area contributed by atoms with Crippen molar-refractivity contribution in [3.8, 4) is 0 Å². The standard InChI is InChI=1S/C53H82O24/c1-48(2)13-15-53(47(69)77-45-40(66)41(76-44-39(65)36(62)33(59)26(19-55)73-44)34(60)27(74-45)21-71-42-38(64)35(61)32(58)25(18-54)72-42)16-14-50(4)22(23(53)17-48)7-8-28-49(3)11-10-30(75-43-37(63)31(57)24(56)20-70-43)52(6,46(67)68)29(49)9-12-51(28,50)5/h7-8,24-45,54-66H,9-21H2,1-6H3,(H,67,68)/t24-,25-,26-,27-,28-,29-,30+,31+,32-,33-,34-,35+,36+,37-,38-,39-,40-,41+,42-,43+,44+,45+,49-,50-,51-,52?,53+/m1/s1. The van der Waals surface area contributed by atoms with Crippen LogP contribution in [0.1, 0.15) is 99.3 Å². The lowest BCUT2D eigenvalue weighted by Crippen LogP contribution is -2.66. The minimum absolute atomic E-state index is 0.146. The fourth-order valence-electron chi connectivity index (χ4n) is 15.4. The van der Waals surface area contributed by atoms with E-state index in [2.05, 4.69) is 46.8 Å². The first kappa shape index (κ1) is 59.2. The Morgan fingerprint density at radius 1 is 0.623 bits per heavy atom. The number of carboxylic acids is 1. The van der Waals surface area contributed by atoms with Crippen molar-refractivity contribution in [2.75, 3.05) is 26.4 Å². The number of carbonyl (C=O) groups excluding carboxylic acids is 1. The van der Waals surface area contributed by atoms with Crippen LogP contribution in [0.5, 0.6) is 0 Å². The highest BCUT2D eigenvalue weighted by molar-refractivity contribution is 5.82. The lowest BCUT2D eigenvalue weighted by molar-refractivity contribution is -0.363. The van der Waals surface area contributed by atoms with Crippen LogP contribution in [-0.2, 0) is 47.5 Å². The third-order valence-electron chi connectivity index (χ3n) is 20.5. The molecule has 0 radical (unpaired) electrons. The summed E-state index contributed by atoms with van der Waals surface area (Å²) in [7, 11) is 0. The van der Waals surface area contributed by atoms with Crippen molar-refractivity contribution in [3.05, 3.63) is 23.3 Å². The van der Waals surface area contributed by atoms with Crippen LogP contribution in [0.15, 0.2) is 23.3 Å². The zero-order chi connectivity index (χ0) is 56.3. The van der Waals surface area contributed by atoms with Gasteiger partial charge in [-0.1, -0.05) is 46.8 Å². The largest absolute Gasteiger partial charge is 0.481 e. The van der Waals surface area contributed by atoms with Gasteiger partial charge in [-0.3, -0.25) is 9.59 Å². The van der Waals surface area contributed by atoms with Crippen LogP contribution < -0.4 is 0 Å². The molecule has 438 valence electrons. The molecule has 0 aromatic carbocycles. The van der Waals surface area contributed by atoms with E-state index in [9.17, 15) is 76.3 Å². The highest BCUT2D eigenvalue weighted by Crippen LogP contribution is 2.74. The smallest absolute Gasteiger partial charge is 0.318 e. The first-order chi connectivity index (χ1) is 36.0. The molecule has 4 aliphatic heterocycles. The van der Waals surface area contributed by atoms with Crippen LogP contribution in [0.25, 0.3) is 0 Å². The minimum atomic E-state index is -2.03. The third kappa shape index (κ3) is 9.57. The molecule has 0 bridgehead atoms. The molecule has 9 aliphatic rings. The molecule has 1 unspecified atom stereocenters. The van der Waals surface area contributed by atoms with Crippen LogP contribution in [0, 0.1) is 44.3 Å². The van der Waals surface area contributed by atoms with E-state index < -0.39 is 188 Å². The zero-order valence-corrected chi connectivity index (χ0v) is 44.4. The molecule has 24 nitrogen and oxygen atoms in total. The fourth-order valence-corrected chi connectivity index (χ4v) is 15.4. The van der Waals surface area contributed by atoms with Crippen LogP contribution in [0.4, 0.5) is 0 Å². The maximum atomic E-state index is 15.4. The Morgan fingerprint density at radius 2 is 1.22 bits per heavy atom. The third-order valence-corrected chi connectivity index (χ3v) is 20.5. The first-order valence-electron chi connectivity index (χ1n) is 27.1. The molecule has 27 atom stereocenters. The van der Waals surface area contributed by atoms with Crippen LogP contribution in [0.3, 0.4) is 0 Å². The lowest BCUT2D eigenvalue weighted by Gasteiger charge is -2.69. The molecule has 4 saturated heterocycles. The topological polar surface area (TPSA) is 391 Å². The number of aliphatic hydroxyl groups excluding tert-OH is 13. The zero-order valence-electron chi connectivity index (χ0n) is 44.4. The number of hydrogen-bond donors (Lipinski definition) is 14. The van der Waals surface area contributed by atoms with Crippen LogP contribution in [0.2, 0.25) is 0 Å². The highest BCUT2D eigenvalue weighted by Gasteiger charge is 2.70. The normalized spacial score (nSPS) is 52.6. The van der Waals surface area contributed by atoms with E-state index in [1.807, 2.05) is 0 Å². The van der Waals surface area contributed by atoms with Gasteiger partial charge in [-0.25, -0.2) is 0 Å². The van der Waals surface area contributed by atoms with Crippen LogP contribution in [-0.4, -0.2) is 233 Å². The molecule has 0 spiro atoms. The Morgan fingerprint density at radius 3 is 1.86 bits per heavy atom. The average molecular weight is 1100 g/mol. The molecular formula is C53H82O24.